The molecule has 0 radical (unpaired) electrons. The third-order valence-electron chi connectivity index (χ3n) is 1.75. The summed E-state index contributed by atoms with van der Waals surface area (Å²) in [5, 5.41) is 0.861. The second-order valence-electron chi connectivity index (χ2n) is 2.93. The maximum Gasteiger partial charge on any atom is 0.233 e. The van der Waals surface area contributed by atoms with Crippen molar-refractivity contribution in [3.05, 3.63) is 35.9 Å². The summed E-state index contributed by atoms with van der Waals surface area (Å²) in [5.74, 6) is 0.484. The van der Waals surface area contributed by atoms with Gasteiger partial charge in [-0.3, -0.25) is 0 Å². The molecule has 0 bridgehead atoms. The van der Waals surface area contributed by atoms with Crippen molar-refractivity contribution in [3.8, 4) is 5.88 Å². The van der Waals surface area contributed by atoms with Gasteiger partial charge in [0.2, 0.25) is 15.9 Å². The van der Waals surface area contributed by atoms with E-state index in [1.54, 1.807) is 18.2 Å². The molecule has 0 saturated carbocycles. The molecule has 0 amide bonds. The molecule has 0 aromatic carbocycles. The minimum atomic E-state index is -3.41. The van der Waals surface area contributed by atoms with Crippen LogP contribution in [0.15, 0.2) is 30.2 Å². The number of ether oxygens (including phenoxy) is 1. The lowest BCUT2D eigenvalue weighted by atomic mass is 10.3. The zero-order valence-electron chi connectivity index (χ0n) is 9.01. The lowest BCUT2D eigenvalue weighted by molar-refractivity contribution is 0.325. The molecule has 0 unspecified atom stereocenters. The molecule has 0 atom stereocenters. The van der Waals surface area contributed by atoms with Crippen molar-refractivity contribution in [1.29, 1.82) is 0 Å². The number of hydrogen-bond donors (Lipinski definition) is 1. The molecule has 1 rings (SSSR count). The molecular weight excluding hydrogens is 228 g/mol. The quantitative estimate of drug-likeness (QED) is 0.809. The van der Waals surface area contributed by atoms with E-state index in [2.05, 4.69) is 16.3 Å². The van der Waals surface area contributed by atoms with Crippen molar-refractivity contribution < 1.29 is 13.2 Å². The van der Waals surface area contributed by atoms with E-state index in [4.69, 9.17) is 4.74 Å². The van der Waals surface area contributed by atoms with Crippen LogP contribution in [-0.4, -0.2) is 20.0 Å². The van der Waals surface area contributed by atoms with E-state index >= 15 is 0 Å². The van der Waals surface area contributed by atoms with E-state index in [9.17, 15) is 8.42 Å². The smallest absolute Gasteiger partial charge is 0.233 e. The average molecular weight is 242 g/mol. The Morgan fingerprint density at radius 1 is 1.56 bits per heavy atom. The Bertz CT molecular complexity index is 457. The van der Waals surface area contributed by atoms with Gasteiger partial charge in [-0.1, -0.05) is 12.6 Å². The van der Waals surface area contributed by atoms with Crippen LogP contribution in [0.1, 0.15) is 12.6 Å². The van der Waals surface area contributed by atoms with Gasteiger partial charge in [0.05, 0.1) is 18.8 Å². The lowest BCUT2D eigenvalue weighted by Gasteiger charge is -2.05. The largest absolute Gasteiger partial charge is 0.478 e. The van der Waals surface area contributed by atoms with Crippen molar-refractivity contribution in [1.82, 2.24) is 9.71 Å². The molecule has 6 heteroatoms. The third-order valence-corrected chi connectivity index (χ3v) is 2.73. The number of pyridine rings is 1. The second kappa shape index (κ2) is 5.62. The Morgan fingerprint density at radius 2 is 2.31 bits per heavy atom. The Balaban J connectivity index is 2.67. The van der Waals surface area contributed by atoms with Crippen LogP contribution < -0.4 is 9.46 Å². The van der Waals surface area contributed by atoms with Gasteiger partial charge in [-0.05, 0) is 13.0 Å². The Labute approximate surface area is 95.2 Å². The van der Waals surface area contributed by atoms with Gasteiger partial charge in [0.25, 0.3) is 0 Å². The van der Waals surface area contributed by atoms with E-state index in [1.165, 1.54) is 0 Å². The van der Waals surface area contributed by atoms with E-state index in [0.29, 0.717) is 18.2 Å². The van der Waals surface area contributed by atoms with Gasteiger partial charge in [-0.15, -0.1) is 0 Å². The first kappa shape index (κ1) is 12.7. The molecule has 0 spiro atoms. The van der Waals surface area contributed by atoms with Crippen LogP contribution >= 0.6 is 0 Å². The van der Waals surface area contributed by atoms with Crippen molar-refractivity contribution in [2.45, 2.75) is 13.5 Å². The van der Waals surface area contributed by atoms with Gasteiger partial charge in [-0.2, -0.15) is 0 Å². The van der Waals surface area contributed by atoms with Crippen LogP contribution in [0.3, 0.4) is 0 Å². The first-order chi connectivity index (χ1) is 7.57. The van der Waals surface area contributed by atoms with Crippen LogP contribution in [0.4, 0.5) is 0 Å². The number of nitrogens with zero attached hydrogens (tertiary/aromatic N) is 1. The first-order valence-electron chi connectivity index (χ1n) is 4.78. The van der Waals surface area contributed by atoms with Crippen molar-refractivity contribution >= 4 is 10.0 Å². The first-order valence-corrected chi connectivity index (χ1v) is 6.33. The van der Waals surface area contributed by atoms with Gasteiger partial charge >= 0.3 is 0 Å². The number of nitrogens with one attached hydrogen (secondary N) is 1. The SMILES string of the molecule is C=CS(=O)(=O)NCc1cccc(OCC)n1. The highest BCUT2D eigenvalue weighted by Crippen LogP contribution is 2.07. The van der Waals surface area contributed by atoms with Gasteiger partial charge in [0.1, 0.15) is 0 Å². The summed E-state index contributed by atoms with van der Waals surface area (Å²) in [7, 11) is -3.41. The molecule has 1 aromatic heterocycles. The molecule has 16 heavy (non-hydrogen) atoms. The standard InChI is InChI=1S/C10H14N2O3S/c1-3-15-10-7-5-6-9(12-10)8-11-16(13,14)4-2/h4-7,11H,2-3,8H2,1H3. The van der Waals surface area contributed by atoms with E-state index in [1.807, 2.05) is 6.92 Å². The fourth-order valence-corrected chi connectivity index (χ4v) is 1.48. The van der Waals surface area contributed by atoms with Crippen LogP contribution in [-0.2, 0) is 16.6 Å². The molecule has 0 aliphatic carbocycles. The molecule has 0 saturated heterocycles. The van der Waals surface area contributed by atoms with Crippen LogP contribution in [0, 0.1) is 0 Å². The minimum Gasteiger partial charge on any atom is -0.478 e. The van der Waals surface area contributed by atoms with Gasteiger partial charge in [0, 0.05) is 11.5 Å². The number of sulfonamides is 1. The number of rotatable bonds is 6. The van der Waals surface area contributed by atoms with Crippen LogP contribution in [0.2, 0.25) is 0 Å². The summed E-state index contributed by atoms with van der Waals surface area (Å²) in [6.07, 6.45) is 0. The topological polar surface area (TPSA) is 68.3 Å². The van der Waals surface area contributed by atoms with Gasteiger partial charge in [0.15, 0.2) is 0 Å². The molecular formula is C10H14N2O3S. The lowest BCUT2D eigenvalue weighted by Crippen LogP contribution is -2.20. The monoisotopic (exact) mass is 242 g/mol. The number of hydrogen-bond acceptors (Lipinski definition) is 4. The van der Waals surface area contributed by atoms with E-state index in [0.717, 1.165) is 5.41 Å². The normalized spacial score (nSPS) is 11.1. The molecule has 0 fully saturated rings. The summed E-state index contributed by atoms with van der Waals surface area (Å²) >= 11 is 0. The highest BCUT2D eigenvalue weighted by molar-refractivity contribution is 7.92. The van der Waals surface area contributed by atoms with E-state index in [-0.39, 0.29) is 6.54 Å². The van der Waals surface area contributed by atoms with Crippen molar-refractivity contribution in [2.24, 2.45) is 0 Å². The Kier molecular flexibility index (Phi) is 4.45. The predicted octanol–water partition coefficient (Wildman–Crippen LogP) is 1.04. The third kappa shape index (κ3) is 4.00. The molecule has 88 valence electrons. The minimum absolute atomic E-state index is 0.120. The Hall–Kier alpha value is -1.40. The highest BCUT2D eigenvalue weighted by Gasteiger charge is 2.04. The van der Waals surface area contributed by atoms with Crippen LogP contribution in [0.25, 0.3) is 0 Å². The van der Waals surface area contributed by atoms with Gasteiger partial charge < -0.3 is 4.74 Å². The summed E-state index contributed by atoms with van der Waals surface area (Å²) < 4.78 is 29.7. The molecule has 0 aliphatic heterocycles. The molecule has 5 nitrogen and oxygen atoms in total. The molecule has 1 N–H and O–H groups in total. The van der Waals surface area contributed by atoms with Crippen molar-refractivity contribution in [3.63, 3.8) is 0 Å². The maximum absolute atomic E-state index is 11.1. The zero-order valence-corrected chi connectivity index (χ0v) is 9.83. The average Bonchev–Trinajstić information content (AvgIpc) is 2.28. The summed E-state index contributed by atoms with van der Waals surface area (Å²) in [6, 6.07) is 5.19. The second-order valence-corrected chi connectivity index (χ2v) is 4.64. The van der Waals surface area contributed by atoms with Crippen molar-refractivity contribution in [2.75, 3.05) is 6.61 Å². The van der Waals surface area contributed by atoms with Crippen LogP contribution in [0.5, 0.6) is 5.88 Å². The van der Waals surface area contributed by atoms with E-state index < -0.39 is 10.0 Å². The Morgan fingerprint density at radius 3 is 2.94 bits per heavy atom. The highest BCUT2D eigenvalue weighted by atomic mass is 32.2. The maximum atomic E-state index is 11.1. The number of aromatic nitrogens is 1. The fraction of sp³-hybridized carbons (Fsp3) is 0.300. The van der Waals surface area contributed by atoms with Gasteiger partial charge in [-0.25, -0.2) is 18.1 Å². The zero-order chi connectivity index (χ0) is 12.0. The predicted molar refractivity (Wildman–Crippen MR) is 61.4 cm³/mol. The fourth-order valence-electron chi connectivity index (χ4n) is 1.02. The molecule has 1 aromatic rings. The molecule has 0 aliphatic rings. The molecule has 1 heterocycles. The summed E-state index contributed by atoms with van der Waals surface area (Å²) in [4.78, 5) is 4.12. The summed E-state index contributed by atoms with van der Waals surface area (Å²) in [6.45, 7) is 5.69. The summed E-state index contributed by atoms with van der Waals surface area (Å²) in [5.41, 5.74) is 0.594.